The van der Waals surface area contributed by atoms with E-state index in [4.69, 9.17) is 0 Å². The number of benzene rings is 1. The van der Waals surface area contributed by atoms with Crippen molar-refractivity contribution < 1.29 is 18.0 Å². The number of fused-ring (bicyclic) bond motifs is 1. The minimum Gasteiger partial charge on any atom is -0.292 e. The maximum atomic E-state index is 12.5. The largest absolute Gasteiger partial charge is 0.443 e. The van der Waals surface area contributed by atoms with Crippen molar-refractivity contribution in [3.63, 3.8) is 0 Å². The molecule has 1 aromatic carbocycles. The summed E-state index contributed by atoms with van der Waals surface area (Å²) in [7, 11) is 0. The van der Waals surface area contributed by atoms with E-state index in [2.05, 4.69) is 4.98 Å². The van der Waals surface area contributed by atoms with Crippen LogP contribution >= 0.6 is 23.1 Å². The fraction of sp³-hybridized carbons (Fsp3) is 0.231. The van der Waals surface area contributed by atoms with Crippen LogP contribution in [0.4, 0.5) is 13.2 Å². The second-order valence-corrected chi connectivity index (χ2v) is 6.59. The highest BCUT2D eigenvalue weighted by atomic mass is 32.2. The van der Waals surface area contributed by atoms with E-state index in [0.717, 1.165) is 16.7 Å². The number of rotatable bonds is 2. The predicted molar refractivity (Wildman–Crippen MR) is 71.2 cm³/mol. The van der Waals surface area contributed by atoms with Crippen molar-refractivity contribution in [2.45, 2.75) is 22.7 Å². The Balaban J connectivity index is 1.80. The number of Topliss-reactive ketones (excluding diaryl/α,β-unsaturated/α-hetero) is 1. The van der Waals surface area contributed by atoms with Crippen molar-refractivity contribution in [1.82, 2.24) is 4.98 Å². The van der Waals surface area contributed by atoms with Crippen LogP contribution in [0.15, 0.2) is 35.4 Å². The average Bonchev–Trinajstić information content (AvgIpc) is 3.04. The third kappa shape index (κ3) is 2.47. The van der Waals surface area contributed by atoms with Crippen molar-refractivity contribution in [3.8, 4) is 0 Å². The smallest absolute Gasteiger partial charge is 0.292 e. The summed E-state index contributed by atoms with van der Waals surface area (Å²) >= 11 is 1.82. The van der Waals surface area contributed by atoms with Crippen molar-refractivity contribution in [2.75, 3.05) is 0 Å². The summed E-state index contributed by atoms with van der Waals surface area (Å²) < 4.78 is 37.5. The molecular weight excluding hydrogens is 307 g/mol. The second kappa shape index (κ2) is 4.89. The molecule has 1 aliphatic rings. The van der Waals surface area contributed by atoms with Gasteiger partial charge in [-0.3, -0.25) is 4.79 Å². The van der Waals surface area contributed by atoms with E-state index in [-0.39, 0.29) is 15.9 Å². The standard InChI is InChI=1S/C13H8F3NOS2/c14-13(15,16)12-17-6-10(20-12)11(18)9-5-7-3-1-2-4-8(7)19-9/h1-4,6,9H,5H2. The minimum atomic E-state index is -4.49. The van der Waals surface area contributed by atoms with Crippen LogP contribution in [-0.2, 0) is 12.6 Å². The van der Waals surface area contributed by atoms with Crippen LogP contribution < -0.4 is 0 Å². The molecule has 104 valence electrons. The van der Waals surface area contributed by atoms with E-state index < -0.39 is 11.2 Å². The van der Waals surface area contributed by atoms with E-state index in [1.165, 1.54) is 11.8 Å². The molecule has 2 nitrogen and oxygen atoms in total. The SMILES string of the molecule is O=C(c1cnc(C(F)(F)F)s1)C1Cc2ccccc2S1. The normalized spacial score (nSPS) is 18.1. The van der Waals surface area contributed by atoms with Gasteiger partial charge in [0.25, 0.3) is 0 Å². The van der Waals surface area contributed by atoms with Gasteiger partial charge in [0.2, 0.25) is 0 Å². The molecule has 1 aliphatic heterocycles. The first kappa shape index (κ1) is 13.6. The molecule has 0 aliphatic carbocycles. The number of carbonyl (C=O) groups excluding carboxylic acids is 1. The summed E-state index contributed by atoms with van der Waals surface area (Å²) in [5.74, 6) is -0.279. The Hall–Kier alpha value is -1.34. The Labute approximate surface area is 121 Å². The third-order valence-corrected chi connectivity index (χ3v) is 5.30. The fourth-order valence-corrected chi connectivity index (χ4v) is 4.12. The van der Waals surface area contributed by atoms with E-state index in [9.17, 15) is 18.0 Å². The molecule has 0 N–H and O–H groups in total. The van der Waals surface area contributed by atoms with E-state index in [1.54, 1.807) is 0 Å². The molecule has 7 heteroatoms. The molecule has 20 heavy (non-hydrogen) atoms. The van der Waals surface area contributed by atoms with Crippen LogP contribution in [-0.4, -0.2) is 16.0 Å². The summed E-state index contributed by atoms with van der Waals surface area (Å²) in [5, 5.41) is -1.32. The first-order valence-electron chi connectivity index (χ1n) is 5.77. The fourth-order valence-electron chi connectivity index (χ4n) is 2.01. The summed E-state index contributed by atoms with van der Waals surface area (Å²) in [5.41, 5.74) is 1.07. The van der Waals surface area contributed by atoms with E-state index >= 15 is 0 Å². The number of alkyl halides is 3. The van der Waals surface area contributed by atoms with Gasteiger partial charge < -0.3 is 0 Å². The average molecular weight is 315 g/mol. The lowest BCUT2D eigenvalue weighted by Gasteiger charge is -2.04. The molecule has 2 aromatic rings. The zero-order valence-electron chi connectivity index (χ0n) is 9.98. The van der Waals surface area contributed by atoms with Crippen molar-refractivity contribution >= 4 is 28.9 Å². The summed E-state index contributed by atoms with van der Waals surface area (Å²) in [6.07, 6.45) is -2.91. The third-order valence-electron chi connectivity index (χ3n) is 2.93. The van der Waals surface area contributed by atoms with Gasteiger partial charge in [0.1, 0.15) is 0 Å². The number of halogens is 3. The van der Waals surface area contributed by atoms with Gasteiger partial charge in [0.15, 0.2) is 10.8 Å². The van der Waals surface area contributed by atoms with Gasteiger partial charge in [-0.25, -0.2) is 4.98 Å². The van der Waals surface area contributed by atoms with Crippen molar-refractivity contribution in [1.29, 1.82) is 0 Å². The minimum absolute atomic E-state index is 0.0719. The summed E-state index contributed by atoms with van der Waals surface area (Å²) in [6.45, 7) is 0. The zero-order chi connectivity index (χ0) is 14.3. The lowest BCUT2D eigenvalue weighted by Crippen LogP contribution is -2.15. The highest BCUT2D eigenvalue weighted by molar-refractivity contribution is 8.01. The van der Waals surface area contributed by atoms with Crippen LogP contribution in [0.2, 0.25) is 0 Å². The second-order valence-electron chi connectivity index (χ2n) is 4.31. The number of nitrogens with zero attached hydrogens (tertiary/aromatic N) is 1. The first-order valence-corrected chi connectivity index (χ1v) is 7.46. The number of aromatic nitrogens is 1. The molecule has 0 spiro atoms. The Kier molecular flexibility index (Phi) is 3.33. The number of hydrogen-bond donors (Lipinski definition) is 0. The molecule has 0 radical (unpaired) electrons. The van der Waals surface area contributed by atoms with Gasteiger partial charge in [0, 0.05) is 11.1 Å². The molecule has 3 rings (SSSR count). The van der Waals surface area contributed by atoms with E-state index in [1.807, 2.05) is 24.3 Å². The molecule has 0 saturated carbocycles. The molecule has 1 unspecified atom stereocenters. The molecular formula is C13H8F3NOS2. The highest BCUT2D eigenvalue weighted by Gasteiger charge is 2.37. The quantitative estimate of drug-likeness (QED) is 0.783. The zero-order valence-corrected chi connectivity index (χ0v) is 11.6. The number of thioether (sulfide) groups is 1. The van der Waals surface area contributed by atoms with Gasteiger partial charge in [-0.1, -0.05) is 18.2 Å². The van der Waals surface area contributed by atoms with Crippen LogP contribution in [0, 0.1) is 0 Å². The number of thiazole rings is 1. The lowest BCUT2D eigenvalue weighted by molar-refractivity contribution is -0.137. The lowest BCUT2D eigenvalue weighted by atomic mass is 10.1. The van der Waals surface area contributed by atoms with Crippen LogP contribution in [0.5, 0.6) is 0 Å². The summed E-state index contributed by atoms with van der Waals surface area (Å²) in [4.78, 5) is 16.6. The van der Waals surface area contributed by atoms with Gasteiger partial charge in [0.05, 0.1) is 10.1 Å². The Morgan fingerprint density at radius 3 is 2.70 bits per heavy atom. The molecule has 1 aromatic heterocycles. The van der Waals surface area contributed by atoms with Crippen LogP contribution in [0.3, 0.4) is 0 Å². The molecule has 0 bridgehead atoms. The topological polar surface area (TPSA) is 30.0 Å². The van der Waals surface area contributed by atoms with Gasteiger partial charge >= 0.3 is 6.18 Å². The van der Waals surface area contributed by atoms with E-state index in [0.29, 0.717) is 17.8 Å². The number of carbonyl (C=O) groups is 1. The van der Waals surface area contributed by atoms with Crippen molar-refractivity contribution in [2.24, 2.45) is 0 Å². The summed E-state index contributed by atoms with van der Waals surface area (Å²) in [6, 6.07) is 7.62. The molecule has 1 atom stereocenters. The molecule has 0 saturated heterocycles. The Bertz CT molecular complexity index is 641. The van der Waals surface area contributed by atoms with Crippen LogP contribution in [0.25, 0.3) is 0 Å². The highest BCUT2D eigenvalue weighted by Crippen LogP contribution is 2.40. The van der Waals surface area contributed by atoms with Crippen molar-refractivity contribution in [3.05, 3.63) is 45.9 Å². The maximum absolute atomic E-state index is 12.5. The van der Waals surface area contributed by atoms with Gasteiger partial charge in [-0.2, -0.15) is 13.2 Å². The molecule has 0 amide bonds. The molecule has 0 fully saturated rings. The van der Waals surface area contributed by atoms with Gasteiger partial charge in [-0.05, 0) is 18.1 Å². The Morgan fingerprint density at radius 1 is 1.30 bits per heavy atom. The predicted octanol–water partition coefficient (Wildman–Crippen LogP) is 4.06. The monoisotopic (exact) mass is 315 g/mol. The maximum Gasteiger partial charge on any atom is 0.443 e. The van der Waals surface area contributed by atoms with Crippen LogP contribution in [0.1, 0.15) is 20.2 Å². The Morgan fingerprint density at radius 2 is 2.05 bits per heavy atom. The first-order chi connectivity index (χ1) is 9.45. The molecule has 2 heterocycles. The number of ketones is 1. The number of hydrogen-bond acceptors (Lipinski definition) is 4. The van der Waals surface area contributed by atoms with Gasteiger partial charge in [-0.15, -0.1) is 23.1 Å².